The number of rotatable bonds is 4. The number of hydrogen-bond donors (Lipinski definition) is 1. The van der Waals surface area contributed by atoms with Crippen molar-refractivity contribution < 1.29 is 13.2 Å². The summed E-state index contributed by atoms with van der Waals surface area (Å²) in [5.74, 6) is 0. The second-order valence-corrected chi connectivity index (χ2v) is 4.81. The van der Waals surface area contributed by atoms with Crippen LogP contribution < -0.4 is 5.32 Å². The highest BCUT2D eigenvalue weighted by Gasteiger charge is 2.31. The van der Waals surface area contributed by atoms with Gasteiger partial charge >= 0.3 is 6.18 Å². The Morgan fingerprint density at radius 3 is 2.48 bits per heavy atom. The molecule has 0 aliphatic carbocycles. The van der Waals surface area contributed by atoms with Crippen LogP contribution in [0.15, 0.2) is 42.6 Å². The van der Waals surface area contributed by atoms with Crippen molar-refractivity contribution >= 4 is 0 Å². The molecule has 1 aromatic carbocycles. The first-order valence-electron chi connectivity index (χ1n) is 6.75. The van der Waals surface area contributed by atoms with E-state index in [0.717, 1.165) is 17.3 Å². The van der Waals surface area contributed by atoms with Gasteiger partial charge in [0.2, 0.25) is 0 Å². The molecule has 1 N–H and O–H groups in total. The van der Waals surface area contributed by atoms with Crippen LogP contribution >= 0.6 is 0 Å². The molecule has 1 unspecified atom stereocenters. The lowest BCUT2D eigenvalue weighted by Crippen LogP contribution is -2.24. The Morgan fingerprint density at radius 1 is 1.19 bits per heavy atom. The highest BCUT2D eigenvalue weighted by atomic mass is 19.4. The Balaban J connectivity index is 2.42. The van der Waals surface area contributed by atoms with Gasteiger partial charge in [-0.2, -0.15) is 13.2 Å². The largest absolute Gasteiger partial charge is 0.416 e. The average Bonchev–Trinajstić information content (AvgIpc) is 2.45. The lowest BCUT2D eigenvalue weighted by atomic mass is 9.96. The van der Waals surface area contributed by atoms with E-state index in [4.69, 9.17) is 0 Å². The fraction of sp³-hybridized carbons (Fsp3) is 0.312. The van der Waals surface area contributed by atoms with Crippen LogP contribution in [-0.2, 0) is 6.18 Å². The van der Waals surface area contributed by atoms with E-state index in [1.807, 2.05) is 25.1 Å². The van der Waals surface area contributed by atoms with E-state index in [1.165, 1.54) is 12.1 Å². The molecule has 1 atom stereocenters. The molecule has 2 nitrogen and oxygen atoms in total. The van der Waals surface area contributed by atoms with Gasteiger partial charge in [0.05, 0.1) is 17.3 Å². The van der Waals surface area contributed by atoms with E-state index in [2.05, 4.69) is 10.3 Å². The molecule has 0 aliphatic rings. The van der Waals surface area contributed by atoms with Crippen LogP contribution in [0.5, 0.6) is 0 Å². The van der Waals surface area contributed by atoms with Crippen LogP contribution in [0.2, 0.25) is 0 Å². The van der Waals surface area contributed by atoms with Crippen molar-refractivity contribution in [2.24, 2.45) is 0 Å². The van der Waals surface area contributed by atoms with E-state index in [1.54, 1.807) is 13.1 Å². The van der Waals surface area contributed by atoms with Crippen molar-refractivity contribution in [3.63, 3.8) is 0 Å². The number of nitrogens with zero attached hydrogens (tertiary/aromatic N) is 1. The van der Waals surface area contributed by atoms with Gasteiger partial charge in [0.25, 0.3) is 0 Å². The second-order valence-electron chi connectivity index (χ2n) is 4.81. The summed E-state index contributed by atoms with van der Waals surface area (Å²) in [5.41, 5.74) is 1.58. The lowest BCUT2D eigenvalue weighted by molar-refractivity contribution is -0.137. The fourth-order valence-electron chi connectivity index (χ4n) is 2.30. The van der Waals surface area contributed by atoms with Crippen molar-refractivity contribution in [3.8, 4) is 0 Å². The third kappa shape index (κ3) is 3.61. The Hall–Kier alpha value is -1.88. The number of aromatic nitrogens is 1. The molecule has 0 bridgehead atoms. The van der Waals surface area contributed by atoms with E-state index >= 15 is 0 Å². The molecular formula is C16H17F3N2. The van der Waals surface area contributed by atoms with Crippen molar-refractivity contribution in [1.82, 2.24) is 10.3 Å². The number of benzene rings is 1. The highest BCUT2D eigenvalue weighted by Crippen LogP contribution is 2.32. The minimum absolute atomic E-state index is 0.210. The standard InChI is InChI=1S/C16H17F3N2/c1-3-20-15(14-6-4-5-9-21-14)13-8-7-12(10-11(13)2)16(17,18)19/h4-10,15,20H,3H2,1-2H3. The zero-order valence-corrected chi connectivity index (χ0v) is 11.9. The first-order chi connectivity index (χ1) is 9.93. The van der Waals surface area contributed by atoms with Gasteiger partial charge in [-0.05, 0) is 48.9 Å². The van der Waals surface area contributed by atoms with Gasteiger partial charge in [-0.15, -0.1) is 0 Å². The molecule has 112 valence electrons. The van der Waals surface area contributed by atoms with Crippen LogP contribution in [0.25, 0.3) is 0 Å². The molecule has 0 fully saturated rings. The number of aryl methyl sites for hydroxylation is 1. The molecule has 0 aliphatic heterocycles. The molecule has 5 heteroatoms. The van der Waals surface area contributed by atoms with Crippen molar-refractivity contribution in [1.29, 1.82) is 0 Å². The summed E-state index contributed by atoms with van der Waals surface area (Å²) in [4.78, 5) is 4.30. The van der Waals surface area contributed by atoms with Gasteiger partial charge in [-0.3, -0.25) is 4.98 Å². The third-order valence-electron chi connectivity index (χ3n) is 3.30. The van der Waals surface area contributed by atoms with Gasteiger partial charge < -0.3 is 5.32 Å². The van der Waals surface area contributed by atoms with Crippen LogP contribution in [0.3, 0.4) is 0 Å². The predicted octanol–water partition coefficient (Wildman–Crippen LogP) is 4.11. The van der Waals surface area contributed by atoms with Gasteiger partial charge in [-0.25, -0.2) is 0 Å². The molecule has 1 heterocycles. The molecule has 1 aromatic heterocycles. The number of nitrogens with one attached hydrogen (secondary N) is 1. The lowest BCUT2D eigenvalue weighted by Gasteiger charge is -2.21. The highest BCUT2D eigenvalue weighted by molar-refractivity contribution is 5.38. The van der Waals surface area contributed by atoms with Gasteiger partial charge in [0.1, 0.15) is 0 Å². The Labute approximate surface area is 122 Å². The molecular weight excluding hydrogens is 277 g/mol. The molecule has 0 spiro atoms. The van der Waals surface area contributed by atoms with E-state index in [0.29, 0.717) is 12.1 Å². The second kappa shape index (κ2) is 6.26. The SMILES string of the molecule is CCNC(c1ccccn1)c1ccc(C(F)(F)F)cc1C. The maximum atomic E-state index is 12.7. The minimum atomic E-state index is -4.32. The summed E-state index contributed by atoms with van der Waals surface area (Å²) in [6, 6.07) is 9.17. The monoisotopic (exact) mass is 294 g/mol. The summed E-state index contributed by atoms with van der Waals surface area (Å²) in [6.07, 6.45) is -2.64. The Morgan fingerprint density at radius 2 is 1.95 bits per heavy atom. The summed E-state index contributed by atoms with van der Waals surface area (Å²) < 4.78 is 38.2. The van der Waals surface area contributed by atoms with E-state index < -0.39 is 11.7 Å². The number of alkyl halides is 3. The molecule has 21 heavy (non-hydrogen) atoms. The molecule has 0 saturated carbocycles. The topological polar surface area (TPSA) is 24.9 Å². The van der Waals surface area contributed by atoms with Crippen LogP contribution in [0.4, 0.5) is 13.2 Å². The first-order valence-corrected chi connectivity index (χ1v) is 6.75. The molecule has 2 aromatic rings. The van der Waals surface area contributed by atoms with Crippen LogP contribution in [0, 0.1) is 6.92 Å². The summed E-state index contributed by atoms with van der Waals surface area (Å²) >= 11 is 0. The zero-order valence-electron chi connectivity index (χ0n) is 11.9. The first kappa shape index (κ1) is 15.5. The normalized spacial score (nSPS) is 13.2. The number of halogens is 3. The van der Waals surface area contributed by atoms with E-state index in [-0.39, 0.29) is 6.04 Å². The predicted molar refractivity (Wildman–Crippen MR) is 75.9 cm³/mol. The third-order valence-corrected chi connectivity index (χ3v) is 3.30. The van der Waals surface area contributed by atoms with Crippen molar-refractivity contribution in [2.75, 3.05) is 6.54 Å². The summed E-state index contributed by atoms with van der Waals surface area (Å²) in [6.45, 7) is 4.34. The maximum Gasteiger partial charge on any atom is 0.416 e. The zero-order chi connectivity index (χ0) is 15.5. The van der Waals surface area contributed by atoms with Crippen LogP contribution in [-0.4, -0.2) is 11.5 Å². The van der Waals surface area contributed by atoms with Gasteiger partial charge in [-0.1, -0.05) is 19.1 Å². The Kier molecular flexibility index (Phi) is 4.63. The maximum absolute atomic E-state index is 12.7. The van der Waals surface area contributed by atoms with Gasteiger partial charge in [0.15, 0.2) is 0 Å². The summed E-state index contributed by atoms with van der Waals surface area (Å²) in [7, 11) is 0. The van der Waals surface area contributed by atoms with Gasteiger partial charge in [0, 0.05) is 6.20 Å². The molecule has 0 amide bonds. The van der Waals surface area contributed by atoms with Crippen LogP contribution in [0.1, 0.15) is 35.3 Å². The smallest absolute Gasteiger partial charge is 0.305 e. The molecule has 0 saturated heterocycles. The fourth-order valence-corrected chi connectivity index (χ4v) is 2.30. The van der Waals surface area contributed by atoms with Crippen molar-refractivity contribution in [2.45, 2.75) is 26.1 Å². The number of pyridine rings is 1. The minimum Gasteiger partial charge on any atom is -0.305 e. The average molecular weight is 294 g/mol. The quantitative estimate of drug-likeness (QED) is 0.918. The summed E-state index contributed by atoms with van der Waals surface area (Å²) in [5, 5.41) is 3.27. The Bertz CT molecular complexity index is 594. The molecule has 0 radical (unpaired) electrons. The van der Waals surface area contributed by atoms with Crippen molar-refractivity contribution in [3.05, 3.63) is 65.0 Å². The molecule has 2 rings (SSSR count). The van der Waals surface area contributed by atoms with E-state index in [9.17, 15) is 13.2 Å². The number of hydrogen-bond acceptors (Lipinski definition) is 2.